The van der Waals surface area contributed by atoms with Crippen LogP contribution in [0, 0.1) is 6.92 Å². The lowest BCUT2D eigenvalue weighted by Crippen LogP contribution is -2.21. The predicted octanol–water partition coefficient (Wildman–Crippen LogP) is 4.54. The number of aryl methyl sites for hydroxylation is 1. The molecule has 0 aliphatic heterocycles. The molecule has 0 bridgehead atoms. The summed E-state index contributed by atoms with van der Waals surface area (Å²) in [5.74, 6) is 1.01. The maximum Gasteiger partial charge on any atom is 0.138 e. The van der Waals surface area contributed by atoms with Gasteiger partial charge in [-0.3, -0.25) is 0 Å². The molecule has 104 valence electrons. The molecular weight excluding hydrogens is 234 g/mol. The van der Waals surface area contributed by atoms with Crippen LogP contribution in [0.3, 0.4) is 0 Å². The number of furan rings is 1. The molecule has 2 aromatic rings. The second kappa shape index (κ2) is 5.01. The highest BCUT2D eigenvalue weighted by Gasteiger charge is 2.20. The summed E-state index contributed by atoms with van der Waals surface area (Å²) in [5.41, 5.74) is 3.73. The van der Waals surface area contributed by atoms with Crippen molar-refractivity contribution in [1.29, 1.82) is 0 Å². The van der Waals surface area contributed by atoms with E-state index in [2.05, 4.69) is 65.1 Å². The Morgan fingerprint density at radius 3 is 2.42 bits per heavy atom. The summed E-state index contributed by atoms with van der Waals surface area (Å²) in [6, 6.07) is 7.07. The molecular formula is C17H25NO. The maximum absolute atomic E-state index is 6.07. The van der Waals surface area contributed by atoms with Crippen molar-refractivity contribution in [2.75, 3.05) is 0 Å². The van der Waals surface area contributed by atoms with E-state index in [-0.39, 0.29) is 5.41 Å². The molecule has 0 aliphatic rings. The third kappa shape index (κ3) is 3.19. The fourth-order valence-electron chi connectivity index (χ4n) is 2.31. The molecule has 2 nitrogen and oxygen atoms in total. The average molecular weight is 259 g/mol. The lowest BCUT2D eigenvalue weighted by Gasteiger charge is -2.19. The number of nitrogens with one attached hydrogen (secondary N) is 1. The van der Waals surface area contributed by atoms with Gasteiger partial charge >= 0.3 is 0 Å². The molecule has 2 rings (SSSR count). The SMILES string of the molecule is Cc1cc(C(C)(C)C)c2oc(CNC(C)C)cc2c1. The summed E-state index contributed by atoms with van der Waals surface area (Å²) < 4.78 is 6.07. The maximum atomic E-state index is 6.07. The van der Waals surface area contributed by atoms with Crippen LogP contribution in [0.4, 0.5) is 0 Å². The zero-order valence-electron chi connectivity index (χ0n) is 12.9. The molecule has 2 heteroatoms. The Balaban J connectivity index is 2.46. The van der Waals surface area contributed by atoms with E-state index in [9.17, 15) is 0 Å². The molecule has 19 heavy (non-hydrogen) atoms. The van der Waals surface area contributed by atoms with E-state index in [1.165, 1.54) is 16.5 Å². The van der Waals surface area contributed by atoms with Crippen LogP contribution in [-0.4, -0.2) is 6.04 Å². The van der Waals surface area contributed by atoms with Gasteiger partial charge in [-0.05, 0) is 30.0 Å². The minimum absolute atomic E-state index is 0.102. The third-order valence-electron chi connectivity index (χ3n) is 3.30. The molecule has 0 aliphatic carbocycles. The van der Waals surface area contributed by atoms with Crippen molar-refractivity contribution >= 4 is 11.0 Å². The van der Waals surface area contributed by atoms with Gasteiger partial charge in [-0.2, -0.15) is 0 Å². The molecule has 0 atom stereocenters. The molecule has 1 aromatic heterocycles. The normalized spacial score (nSPS) is 12.6. The molecule has 0 unspecified atom stereocenters. The molecule has 0 radical (unpaired) electrons. The largest absolute Gasteiger partial charge is 0.459 e. The van der Waals surface area contributed by atoms with Crippen molar-refractivity contribution in [2.45, 2.75) is 59.5 Å². The summed E-state index contributed by atoms with van der Waals surface area (Å²) in [6.45, 7) is 13.9. The number of fused-ring (bicyclic) bond motifs is 1. The van der Waals surface area contributed by atoms with Gasteiger partial charge in [0.05, 0.1) is 6.54 Å². The van der Waals surface area contributed by atoms with Gasteiger partial charge in [-0.1, -0.05) is 40.7 Å². The van der Waals surface area contributed by atoms with Gasteiger partial charge in [0.25, 0.3) is 0 Å². The van der Waals surface area contributed by atoms with Crippen LogP contribution in [0.5, 0.6) is 0 Å². The van der Waals surface area contributed by atoms with E-state index in [0.29, 0.717) is 6.04 Å². The summed E-state index contributed by atoms with van der Waals surface area (Å²) in [5, 5.41) is 4.62. The first kappa shape index (κ1) is 14.1. The van der Waals surface area contributed by atoms with Gasteiger partial charge in [-0.15, -0.1) is 0 Å². The van der Waals surface area contributed by atoms with E-state index in [0.717, 1.165) is 17.9 Å². The second-order valence-electron chi connectivity index (χ2n) is 6.73. The van der Waals surface area contributed by atoms with Crippen LogP contribution in [0.1, 0.15) is 51.5 Å². The Hall–Kier alpha value is -1.28. The molecule has 0 fully saturated rings. The number of benzene rings is 1. The Bertz CT molecular complexity index is 573. The molecule has 0 amide bonds. The topological polar surface area (TPSA) is 25.2 Å². The van der Waals surface area contributed by atoms with E-state index in [1.807, 2.05) is 0 Å². The van der Waals surface area contributed by atoms with Gasteiger partial charge in [0.15, 0.2) is 0 Å². The Kier molecular flexibility index (Phi) is 3.73. The van der Waals surface area contributed by atoms with E-state index < -0.39 is 0 Å². The smallest absolute Gasteiger partial charge is 0.138 e. The van der Waals surface area contributed by atoms with Gasteiger partial charge in [0, 0.05) is 17.0 Å². The van der Waals surface area contributed by atoms with Gasteiger partial charge < -0.3 is 9.73 Å². The van der Waals surface area contributed by atoms with Crippen LogP contribution in [-0.2, 0) is 12.0 Å². The van der Waals surface area contributed by atoms with E-state index in [1.54, 1.807) is 0 Å². The summed E-state index contributed by atoms with van der Waals surface area (Å²) in [7, 11) is 0. The third-order valence-corrected chi connectivity index (χ3v) is 3.30. The number of rotatable bonds is 3. The van der Waals surface area contributed by atoms with Crippen molar-refractivity contribution in [3.8, 4) is 0 Å². The van der Waals surface area contributed by atoms with Crippen molar-refractivity contribution in [3.63, 3.8) is 0 Å². The van der Waals surface area contributed by atoms with Crippen LogP contribution in [0.15, 0.2) is 22.6 Å². The lowest BCUT2D eigenvalue weighted by atomic mass is 9.85. The molecule has 0 spiro atoms. The van der Waals surface area contributed by atoms with Gasteiger partial charge in [-0.25, -0.2) is 0 Å². The van der Waals surface area contributed by atoms with Crippen LogP contribution >= 0.6 is 0 Å². The highest BCUT2D eigenvalue weighted by atomic mass is 16.3. The Morgan fingerprint density at radius 2 is 1.84 bits per heavy atom. The second-order valence-corrected chi connectivity index (χ2v) is 6.73. The highest BCUT2D eigenvalue weighted by molar-refractivity contribution is 5.83. The highest BCUT2D eigenvalue weighted by Crippen LogP contribution is 2.33. The first-order valence-electron chi connectivity index (χ1n) is 7.04. The van der Waals surface area contributed by atoms with Crippen molar-refractivity contribution < 1.29 is 4.42 Å². The summed E-state index contributed by atoms with van der Waals surface area (Å²) in [6.07, 6.45) is 0. The molecule has 1 N–H and O–H groups in total. The zero-order valence-corrected chi connectivity index (χ0v) is 12.9. The molecule has 1 heterocycles. The number of hydrogen-bond donors (Lipinski definition) is 1. The molecule has 0 saturated carbocycles. The van der Waals surface area contributed by atoms with Crippen molar-refractivity contribution in [2.24, 2.45) is 0 Å². The zero-order chi connectivity index (χ0) is 14.2. The van der Waals surface area contributed by atoms with E-state index in [4.69, 9.17) is 4.42 Å². The van der Waals surface area contributed by atoms with Crippen molar-refractivity contribution in [1.82, 2.24) is 5.32 Å². The molecule has 0 saturated heterocycles. The van der Waals surface area contributed by atoms with Crippen LogP contribution < -0.4 is 5.32 Å². The first-order chi connectivity index (χ1) is 8.77. The minimum atomic E-state index is 0.102. The summed E-state index contributed by atoms with van der Waals surface area (Å²) >= 11 is 0. The fourth-order valence-corrected chi connectivity index (χ4v) is 2.31. The standard InChI is InChI=1S/C17H25NO/c1-11(2)18-10-14-9-13-7-12(3)8-15(16(13)19-14)17(4,5)6/h7-9,11,18H,10H2,1-6H3. The fraction of sp³-hybridized carbons (Fsp3) is 0.529. The van der Waals surface area contributed by atoms with Crippen LogP contribution in [0.2, 0.25) is 0 Å². The average Bonchev–Trinajstić information content (AvgIpc) is 2.66. The summed E-state index contributed by atoms with van der Waals surface area (Å²) in [4.78, 5) is 0. The van der Waals surface area contributed by atoms with E-state index >= 15 is 0 Å². The first-order valence-corrected chi connectivity index (χ1v) is 7.04. The van der Waals surface area contributed by atoms with Gasteiger partial charge in [0.2, 0.25) is 0 Å². The Labute approximate surface area is 116 Å². The Morgan fingerprint density at radius 1 is 1.16 bits per heavy atom. The van der Waals surface area contributed by atoms with Crippen molar-refractivity contribution in [3.05, 3.63) is 35.1 Å². The lowest BCUT2D eigenvalue weighted by molar-refractivity contribution is 0.480. The quantitative estimate of drug-likeness (QED) is 0.875. The monoisotopic (exact) mass is 259 g/mol. The molecule has 1 aromatic carbocycles. The number of hydrogen-bond acceptors (Lipinski definition) is 2. The predicted molar refractivity (Wildman–Crippen MR) is 81.6 cm³/mol. The van der Waals surface area contributed by atoms with Gasteiger partial charge in [0.1, 0.15) is 11.3 Å². The van der Waals surface area contributed by atoms with Crippen LogP contribution in [0.25, 0.3) is 11.0 Å². The minimum Gasteiger partial charge on any atom is -0.459 e.